The van der Waals surface area contributed by atoms with Gasteiger partial charge in [0.25, 0.3) is 0 Å². The van der Waals surface area contributed by atoms with Crippen molar-refractivity contribution >= 4 is 5.97 Å². The van der Waals surface area contributed by atoms with Crippen molar-refractivity contribution in [3.05, 3.63) is 108 Å². The van der Waals surface area contributed by atoms with Gasteiger partial charge in [-0.1, -0.05) is 91.0 Å². The first-order valence-electron chi connectivity index (χ1n) is 11.9. The van der Waals surface area contributed by atoms with Gasteiger partial charge in [-0.2, -0.15) is 0 Å². The molecule has 1 aliphatic heterocycles. The molecule has 3 aromatic rings. The average Bonchev–Trinajstić information content (AvgIpc) is 2.89. The largest absolute Gasteiger partial charge is 0.481 e. The molecule has 1 saturated heterocycles. The Balaban J connectivity index is 1.49. The molecule has 35 heavy (non-hydrogen) atoms. The molecule has 184 valence electrons. The molecular weight excluding hydrogens is 444 g/mol. The number of benzene rings is 3. The van der Waals surface area contributed by atoms with Crippen molar-refractivity contribution < 1.29 is 28.8 Å². The molecule has 0 radical (unpaired) electrons. The Bertz CT molecular complexity index is 1010. The number of hydrogen-bond donors (Lipinski definition) is 1. The van der Waals surface area contributed by atoms with E-state index in [2.05, 4.69) is 0 Å². The first kappa shape index (κ1) is 25.1. The first-order chi connectivity index (χ1) is 17.2. The van der Waals surface area contributed by atoms with E-state index in [1.165, 1.54) is 0 Å². The molecule has 6 heteroatoms. The first-order valence-corrected chi connectivity index (χ1v) is 11.9. The maximum Gasteiger partial charge on any atom is 0.303 e. The van der Waals surface area contributed by atoms with E-state index in [4.69, 9.17) is 18.9 Å². The van der Waals surface area contributed by atoms with Gasteiger partial charge >= 0.3 is 5.97 Å². The molecule has 0 amide bonds. The molecule has 0 bridgehead atoms. The lowest BCUT2D eigenvalue weighted by Crippen LogP contribution is -2.54. The molecule has 4 atom stereocenters. The van der Waals surface area contributed by atoms with Crippen molar-refractivity contribution in [2.75, 3.05) is 13.2 Å². The monoisotopic (exact) mass is 476 g/mol. The van der Waals surface area contributed by atoms with Crippen molar-refractivity contribution in [2.24, 2.45) is 5.92 Å². The standard InChI is InChI=1S/C29H32O6/c30-27(31)16-25-20-33-26(21-32-17-22-10-4-1-5-11-22)29(35-19-24-14-8-3-9-15-24)28(25)34-18-23-12-6-2-7-13-23/h1-15,25-26,28-29H,16-21H2,(H,30,31)/t25-,26?,28?,29?/m1/s1. The number of carboxylic acid groups (broad SMARTS) is 1. The van der Waals surface area contributed by atoms with Crippen molar-refractivity contribution in [1.29, 1.82) is 0 Å². The van der Waals surface area contributed by atoms with Gasteiger partial charge in [-0.05, 0) is 16.7 Å². The predicted octanol–water partition coefficient (Wildman–Crippen LogP) is 4.86. The summed E-state index contributed by atoms with van der Waals surface area (Å²) in [4.78, 5) is 11.6. The summed E-state index contributed by atoms with van der Waals surface area (Å²) in [6.07, 6.45) is -1.36. The summed E-state index contributed by atoms with van der Waals surface area (Å²) in [6, 6.07) is 29.7. The van der Waals surface area contributed by atoms with Crippen molar-refractivity contribution in [3.63, 3.8) is 0 Å². The second-order valence-corrected chi connectivity index (χ2v) is 8.75. The number of rotatable bonds is 12. The highest BCUT2D eigenvalue weighted by Gasteiger charge is 2.43. The van der Waals surface area contributed by atoms with Crippen LogP contribution in [0.25, 0.3) is 0 Å². The van der Waals surface area contributed by atoms with Gasteiger partial charge in [-0.15, -0.1) is 0 Å². The molecule has 3 unspecified atom stereocenters. The zero-order valence-electron chi connectivity index (χ0n) is 19.7. The van der Waals surface area contributed by atoms with Gasteiger partial charge in [0.05, 0.1) is 45.6 Å². The number of aliphatic carboxylic acids is 1. The van der Waals surface area contributed by atoms with Crippen LogP contribution in [-0.2, 0) is 43.6 Å². The van der Waals surface area contributed by atoms with Crippen LogP contribution in [0.1, 0.15) is 23.1 Å². The highest BCUT2D eigenvalue weighted by Crippen LogP contribution is 2.30. The maximum absolute atomic E-state index is 11.6. The molecule has 1 N–H and O–H groups in total. The van der Waals surface area contributed by atoms with Crippen LogP contribution in [0.3, 0.4) is 0 Å². The predicted molar refractivity (Wildman–Crippen MR) is 132 cm³/mol. The van der Waals surface area contributed by atoms with E-state index >= 15 is 0 Å². The van der Waals surface area contributed by atoms with E-state index < -0.39 is 18.2 Å². The molecule has 1 heterocycles. The summed E-state index contributed by atoms with van der Waals surface area (Å²) in [5.41, 5.74) is 3.12. The van der Waals surface area contributed by atoms with Crippen LogP contribution >= 0.6 is 0 Å². The molecule has 0 aromatic heterocycles. The zero-order valence-corrected chi connectivity index (χ0v) is 19.7. The van der Waals surface area contributed by atoms with E-state index in [9.17, 15) is 9.90 Å². The summed E-state index contributed by atoms with van der Waals surface area (Å²) in [6.45, 7) is 1.79. The lowest BCUT2D eigenvalue weighted by atomic mass is 9.89. The fourth-order valence-corrected chi connectivity index (χ4v) is 4.29. The zero-order chi connectivity index (χ0) is 24.3. The SMILES string of the molecule is O=C(O)C[C@@H]1COC(COCc2ccccc2)C(OCc2ccccc2)C1OCc1ccccc1. The van der Waals surface area contributed by atoms with E-state index in [1.807, 2.05) is 91.0 Å². The van der Waals surface area contributed by atoms with Gasteiger partial charge in [0.2, 0.25) is 0 Å². The molecule has 0 spiro atoms. The normalized spacial score (nSPS) is 22.1. The van der Waals surface area contributed by atoms with Crippen molar-refractivity contribution in [3.8, 4) is 0 Å². The Morgan fingerprint density at radius 2 is 1.23 bits per heavy atom. The summed E-state index contributed by atoms with van der Waals surface area (Å²) < 4.78 is 24.8. The molecule has 0 saturated carbocycles. The van der Waals surface area contributed by atoms with Crippen molar-refractivity contribution in [1.82, 2.24) is 0 Å². The van der Waals surface area contributed by atoms with E-state index in [0.29, 0.717) is 26.4 Å². The number of carbonyl (C=O) groups is 1. The molecule has 1 aliphatic rings. The van der Waals surface area contributed by atoms with Crippen LogP contribution in [0.4, 0.5) is 0 Å². The summed E-state index contributed by atoms with van der Waals surface area (Å²) >= 11 is 0. The highest BCUT2D eigenvalue weighted by atomic mass is 16.6. The van der Waals surface area contributed by atoms with E-state index in [0.717, 1.165) is 16.7 Å². The molecule has 3 aromatic carbocycles. The van der Waals surface area contributed by atoms with Gasteiger partial charge in [0.15, 0.2) is 0 Å². The second kappa shape index (κ2) is 13.2. The Morgan fingerprint density at radius 3 is 1.74 bits per heavy atom. The van der Waals surface area contributed by atoms with Gasteiger partial charge in [-0.3, -0.25) is 4.79 Å². The van der Waals surface area contributed by atoms with E-state index in [1.54, 1.807) is 0 Å². The van der Waals surface area contributed by atoms with E-state index in [-0.39, 0.29) is 25.0 Å². The Hall–Kier alpha value is -3.03. The minimum Gasteiger partial charge on any atom is -0.481 e. The third kappa shape index (κ3) is 7.73. The quantitative estimate of drug-likeness (QED) is 0.402. The fraction of sp³-hybridized carbons (Fsp3) is 0.345. The van der Waals surface area contributed by atoms with Crippen LogP contribution < -0.4 is 0 Å². The van der Waals surface area contributed by atoms with Crippen LogP contribution in [0.5, 0.6) is 0 Å². The smallest absolute Gasteiger partial charge is 0.303 e. The fourth-order valence-electron chi connectivity index (χ4n) is 4.29. The van der Waals surface area contributed by atoms with Gasteiger partial charge in [-0.25, -0.2) is 0 Å². The minimum atomic E-state index is -0.882. The molecule has 6 nitrogen and oxygen atoms in total. The lowest BCUT2D eigenvalue weighted by Gasteiger charge is -2.42. The Kier molecular flexibility index (Phi) is 9.43. The van der Waals surface area contributed by atoms with Crippen LogP contribution in [0.15, 0.2) is 91.0 Å². The van der Waals surface area contributed by atoms with Crippen LogP contribution in [-0.4, -0.2) is 42.6 Å². The number of hydrogen-bond acceptors (Lipinski definition) is 5. The molecule has 1 fully saturated rings. The van der Waals surface area contributed by atoms with Gasteiger partial charge in [0.1, 0.15) is 12.2 Å². The number of ether oxygens (including phenoxy) is 4. The molecular formula is C29H32O6. The Labute approximate surface area is 206 Å². The second-order valence-electron chi connectivity index (χ2n) is 8.75. The van der Waals surface area contributed by atoms with Crippen LogP contribution in [0.2, 0.25) is 0 Å². The third-order valence-corrected chi connectivity index (χ3v) is 6.08. The summed E-state index contributed by atoms with van der Waals surface area (Å²) in [5.74, 6) is -1.21. The van der Waals surface area contributed by atoms with Crippen LogP contribution in [0, 0.1) is 5.92 Å². The maximum atomic E-state index is 11.6. The lowest BCUT2D eigenvalue weighted by molar-refractivity contribution is -0.221. The summed E-state index contributed by atoms with van der Waals surface area (Å²) in [5, 5.41) is 9.52. The summed E-state index contributed by atoms with van der Waals surface area (Å²) in [7, 11) is 0. The highest BCUT2D eigenvalue weighted by molar-refractivity contribution is 5.67. The molecule has 4 rings (SSSR count). The van der Waals surface area contributed by atoms with Gasteiger partial charge < -0.3 is 24.1 Å². The third-order valence-electron chi connectivity index (χ3n) is 6.08. The minimum absolute atomic E-state index is 0.0533. The molecule has 0 aliphatic carbocycles. The Morgan fingerprint density at radius 1 is 0.743 bits per heavy atom. The average molecular weight is 477 g/mol. The van der Waals surface area contributed by atoms with Gasteiger partial charge in [0, 0.05) is 5.92 Å². The topological polar surface area (TPSA) is 74.2 Å². The van der Waals surface area contributed by atoms with Crippen molar-refractivity contribution in [2.45, 2.75) is 44.6 Å². The number of carboxylic acids is 1.